The fraction of sp³-hybridized carbons (Fsp3) is 0. The molecule has 0 fully saturated rings. The van der Waals surface area contributed by atoms with Crippen LogP contribution < -0.4 is 11.1 Å². The zero-order valence-corrected chi connectivity index (χ0v) is 9.96. The molecule has 0 aliphatic heterocycles. The summed E-state index contributed by atoms with van der Waals surface area (Å²) in [6, 6.07) is 13.7. The molecule has 0 spiro atoms. The van der Waals surface area contributed by atoms with Gasteiger partial charge in [-0.1, -0.05) is 30.3 Å². The van der Waals surface area contributed by atoms with Gasteiger partial charge in [0.05, 0.1) is 5.69 Å². The van der Waals surface area contributed by atoms with Crippen LogP contribution in [0.4, 0.5) is 10.5 Å². The van der Waals surface area contributed by atoms with Crippen LogP contribution in [-0.4, -0.2) is 17.1 Å². The largest absolute Gasteiger partial charge is 0.465 e. The normalized spacial score (nSPS) is 9.89. The Morgan fingerprint density at radius 2 is 1.79 bits per heavy atom. The van der Waals surface area contributed by atoms with Crippen molar-refractivity contribution in [2.75, 3.05) is 5.32 Å². The molecule has 4 N–H and O–H groups in total. The molecule has 0 saturated carbocycles. The van der Waals surface area contributed by atoms with E-state index in [2.05, 4.69) is 5.32 Å². The molecule has 0 bridgehead atoms. The van der Waals surface area contributed by atoms with Crippen molar-refractivity contribution in [3.63, 3.8) is 0 Å². The topological polar surface area (TPSA) is 92.4 Å². The van der Waals surface area contributed by atoms with Gasteiger partial charge >= 0.3 is 6.09 Å². The van der Waals surface area contributed by atoms with Crippen molar-refractivity contribution in [3.8, 4) is 11.1 Å². The number of benzene rings is 2. The smallest absolute Gasteiger partial charge is 0.409 e. The van der Waals surface area contributed by atoms with E-state index in [4.69, 9.17) is 10.8 Å². The molecule has 0 aliphatic carbocycles. The maximum absolute atomic E-state index is 11.2. The Balaban J connectivity index is 2.49. The summed E-state index contributed by atoms with van der Waals surface area (Å²) in [5.74, 6) is -0.523. The zero-order chi connectivity index (χ0) is 13.8. The van der Waals surface area contributed by atoms with Gasteiger partial charge in [0.2, 0.25) is 5.91 Å². The number of rotatable bonds is 3. The lowest BCUT2D eigenvalue weighted by atomic mass is 10.0. The van der Waals surface area contributed by atoms with Crippen molar-refractivity contribution in [1.82, 2.24) is 0 Å². The maximum Gasteiger partial charge on any atom is 0.409 e. The summed E-state index contributed by atoms with van der Waals surface area (Å²) >= 11 is 0. The molecule has 0 heterocycles. The molecule has 5 nitrogen and oxygen atoms in total. The van der Waals surface area contributed by atoms with Crippen molar-refractivity contribution < 1.29 is 14.7 Å². The number of carbonyl (C=O) groups is 2. The van der Waals surface area contributed by atoms with Crippen molar-refractivity contribution in [2.24, 2.45) is 5.73 Å². The Morgan fingerprint density at radius 1 is 1.05 bits per heavy atom. The van der Waals surface area contributed by atoms with Gasteiger partial charge in [0.15, 0.2) is 0 Å². The average molecular weight is 256 g/mol. The minimum atomic E-state index is -1.14. The van der Waals surface area contributed by atoms with Crippen LogP contribution >= 0.6 is 0 Å². The summed E-state index contributed by atoms with van der Waals surface area (Å²) in [6.45, 7) is 0. The molecule has 96 valence electrons. The van der Waals surface area contributed by atoms with E-state index in [1.165, 1.54) is 0 Å². The SMILES string of the molecule is NC(=O)c1cccc(-c2ccccc2NC(=O)O)c1. The van der Waals surface area contributed by atoms with Crippen molar-refractivity contribution >= 4 is 17.7 Å². The number of carbonyl (C=O) groups excluding carboxylic acids is 1. The number of hydrogen-bond acceptors (Lipinski definition) is 2. The molecule has 19 heavy (non-hydrogen) atoms. The van der Waals surface area contributed by atoms with E-state index in [9.17, 15) is 9.59 Å². The third kappa shape index (κ3) is 2.90. The Morgan fingerprint density at radius 3 is 2.47 bits per heavy atom. The summed E-state index contributed by atoms with van der Waals surface area (Å²) in [4.78, 5) is 21.9. The van der Waals surface area contributed by atoms with Crippen LogP contribution in [-0.2, 0) is 0 Å². The maximum atomic E-state index is 11.2. The second kappa shape index (κ2) is 5.22. The molecule has 2 amide bonds. The zero-order valence-electron chi connectivity index (χ0n) is 9.96. The van der Waals surface area contributed by atoms with E-state index in [0.717, 1.165) is 5.56 Å². The Bertz CT molecular complexity index is 638. The minimum Gasteiger partial charge on any atom is -0.465 e. The highest BCUT2D eigenvalue weighted by molar-refractivity contribution is 5.96. The van der Waals surface area contributed by atoms with Gasteiger partial charge in [0, 0.05) is 11.1 Å². The number of anilines is 1. The standard InChI is InChI=1S/C14H12N2O3/c15-13(17)10-5-3-4-9(8-10)11-6-1-2-7-12(11)16-14(18)19/h1-8,16H,(H2,15,17)(H,18,19). The lowest BCUT2D eigenvalue weighted by Crippen LogP contribution is -2.11. The highest BCUT2D eigenvalue weighted by Gasteiger charge is 2.08. The lowest BCUT2D eigenvalue weighted by molar-refractivity contribution is 0.1000. The molecule has 5 heteroatoms. The van der Waals surface area contributed by atoms with Crippen molar-refractivity contribution in [3.05, 3.63) is 54.1 Å². The van der Waals surface area contributed by atoms with Gasteiger partial charge in [0.25, 0.3) is 0 Å². The van der Waals surface area contributed by atoms with Crippen LogP contribution in [0.3, 0.4) is 0 Å². The first-order valence-electron chi connectivity index (χ1n) is 5.57. The molecule has 2 rings (SSSR count). The van der Waals surface area contributed by atoms with E-state index in [1.807, 2.05) is 0 Å². The highest BCUT2D eigenvalue weighted by atomic mass is 16.4. The van der Waals surface area contributed by atoms with Crippen LogP contribution in [0.25, 0.3) is 11.1 Å². The summed E-state index contributed by atoms with van der Waals surface area (Å²) in [5.41, 5.74) is 7.47. The Kier molecular flexibility index (Phi) is 3.47. The second-order valence-corrected chi connectivity index (χ2v) is 3.92. The van der Waals surface area contributed by atoms with Gasteiger partial charge in [-0.3, -0.25) is 10.1 Å². The van der Waals surface area contributed by atoms with Crippen LogP contribution in [0.2, 0.25) is 0 Å². The highest BCUT2D eigenvalue weighted by Crippen LogP contribution is 2.28. The predicted molar refractivity (Wildman–Crippen MR) is 72.0 cm³/mol. The van der Waals surface area contributed by atoms with Gasteiger partial charge in [0.1, 0.15) is 0 Å². The van der Waals surface area contributed by atoms with E-state index in [-0.39, 0.29) is 0 Å². The summed E-state index contributed by atoms with van der Waals surface area (Å²) in [6.07, 6.45) is -1.14. The summed E-state index contributed by atoms with van der Waals surface area (Å²) in [5, 5.41) is 11.1. The number of para-hydroxylation sites is 1. The van der Waals surface area contributed by atoms with Crippen LogP contribution in [0, 0.1) is 0 Å². The second-order valence-electron chi connectivity index (χ2n) is 3.92. The molecular weight excluding hydrogens is 244 g/mol. The molecule has 0 unspecified atom stereocenters. The molecule has 0 radical (unpaired) electrons. The fourth-order valence-electron chi connectivity index (χ4n) is 1.80. The van der Waals surface area contributed by atoms with E-state index >= 15 is 0 Å². The minimum absolute atomic E-state index is 0.377. The number of primary amides is 1. The third-order valence-electron chi connectivity index (χ3n) is 2.63. The van der Waals surface area contributed by atoms with Crippen LogP contribution in [0.15, 0.2) is 48.5 Å². The van der Waals surface area contributed by atoms with Crippen molar-refractivity contribution in [1.29, 1.82) is 0 Å². The third-order valence-corrected chi connectivity index (χ3v) is 2.63. The van der Waals surface area contributed by atoms with Gasteiger partial charge in [-0.05, 0) is 23.8 Å². The first kappa shape index (κ1) is 12.6. The molecule has 2 aromatic carbocycles. The van der Waals surface area contributed by atoms with Gasteiger partial charge in [-0.25, -0.2) is 4.79 Å². The molecule has 2 aromatic rings. The molecule has 0 aliphatic rings. The number of amides is 2. The van der Waals surface area contributed by atoms with Crippen LogP contribution in [0.5, 0.6) is 0 Å². The number of nitrogens with one attached hydrogen (secondary N) is 1. The summed E-state index contributed by atoms with van der Waals surface area (Å²) in [7, 11) is 0. The average Bonchev–Trinajstić information content (AvgIpc) is 2.39. The van der Waals surface area contributed by atoms with Gasteiger partial charge < -0.3 is 10.8 Å². The Hall–Kier alpha value is -2.82. The Labute approximate surface area is 109 Å². The number of carboxylic acid groups (broad SMARTS) is 1. The quantitative estimate of drug-likeness (QED) is 0.787. The van der Waals surface area contributed by atoms with Gasteiger partial charge in [-0.2, -0.15) is 0 Å². The van der Waals surface area contributed by atoms with E-state index in [0.29, 0.717) is 16.8 Å². The van der Waals surface area contributed by atoms with Gasteiger partial charge in [-0.15, -0.1) is 0 Å². The first-order valence-corrected chi connectivity index (χ1v) is 5.57. The predicted octanol–water partition coefficient (Wildman–Crippen LogP) is 2.54. The number of hydrogen-bond donors (Lipinski definition) is 3. The van der Waals surface area contributed by atoms with E-state index in [1.54, 1.807) is 48.5 Å². The van der Waals surface area contributed by atoms with E-state index < -0.39 is 12.0 Å². The monoisotopic (exact) mass is 256 g/mol. The lowest BCUT2D eigenvalue weighted by Gasteiger charge is -2.09. The molecule has 0 aromatic heterocycles. The molecule has 0 atom stereocenters. The number of nitrogens with two attached hydrogens (primary N) is 1. The molecular formula is C14H12N2O3. The first-order chi connectivity index (χ1) is 9.08. The fourth-order valence-corrected chi connectivity index (χ4v) is 1.80. The van der Waals surface area contributed by atoms with Crippen LogP contribution in [0.1, 0.15) is 10.4 Å². The summed E-state index contributed by atoms with van der Waals surface area (Å²) < 4.78 is 0. The molecule has 0 saturated heterocycles. The van der Waals surface area contributed by atoms with Crippen molar-refractivity contribution in [2.45, 2.75) is 0 Å².